The normalized spacial score (nSPS) is 16.1. The lowest BCUT2D eigenvalue weighted by molar-refractivity contribution is -0.141. The van der Waals surface area contributed by atoms with E-state index in [1.807, 2.05) is 0 Å². The average molecular weight is 486 g/mol. The molecule has 0 fully saturated rings. The number of nitrogens with zero attached hydrogens (tertiary/aromatic N) is 6. The number of carbonyl (C=O) groups excluding carboxylic acids is 1. The zero-order chi connectivity index (χ0) is 25.2. The summed E-state index contributed by atoms with van der Waals surface area (Å²) in [5.41, 5.74) is 2.28. The first-order chi connectivity index (χ1) is 16.5. The number of aryl methyl sites for hydroxylation is 3. The van der Waals surface area contributed by atoms with Gasteiger partial charge in [0.1, 0.15) is 5.82 Å². The van der Waals surface area contributed by atoms with Crippen LogP contribution in [0.1, 0.15) is 46.0 Å². The maximum atomic E-state index is 15.3. The molecule has 0 bridgehead atoms. The van der Waals surface area contributed by atoms with E-state index in [1.54, 1.807) is 39.1 Å². The van der Waals surface area contributed by atoms with Crippen molar-refractivity contribution in [1.82, 2.24) is 29.4 Å². The maximum absolute atomic E-state index is 15.3. The van der Waals surface area contributed by atoms with Crippen molar-refractivity contribution in [2.45, 2.75) is 32.5 Å². The molecule has 0 saturated heterocycles. The van der Waals surface area contributed by atoms with Crippen LogP contribution in [0.4, 0.5) is 17.6 Å². The summed E-state index contributed by atoms with van der Waals surface area (Å²) in [5, 5.41) is 8.40. The molecule has 4 aromatic rings. The lowest BCUT2D eigenvalue weighted by atomic mass is 9.96. The third-order valence-electron chi connectivity index (χ3n) is 6.49. The van der Waals surface area contributed by atoms with Crippen LogP contribution in [0.5, 0.6) is 0 Å². The highest BCUT2D eigenvalue weighted by Crippen LogP contribution is 2.38. The second kappa shape index (κ2) is 7.89. The third-order valence-corrected chi connectivity index (χ3v) is 6.49. The second-order valence-electron chi connectivity index (χ2n) is 8.74. The lowest BCUT2D eigenvalue weighted by Crippen LogP contribution is -2.39. The Morgan fingerprint density at radius 2 is 1.83 bits per heavy atom. The van der Waals surface area contributed by atoms with E-state index in [2.05, 4.69) is 15.2 Å². The van der Waals surface area contributed by atoms with Crippen LogP contribution in [-0.4, -0.2) is 41.9 Å². The fraction of sp³-hybridized carbons (Fsp3) is 0.333. The monoisotopic (exact) mass is 486 g/mol. The average Bonchev–Trinajstić information content (AvgIpc) is 3.33. The summed E-state index contributed by atoms with van der Waals surface area (Å²) in [6.45, 7) is 3.85. The van der Waals surface area contributed by atoms with Crippen LogP contribution in [0, 0.1) is 12.7 Å². The number of halogens is 4. The van der Waals surface area contributed by atoms with E-state index in [4.69, 9.17) is 0 Å². The standard InChI is InChI=1S/C24H22F4N6O/c1-12-5-6-14-17(29-12)8-7-15(20(14)25)23(35)34-10-9-16-21(13(34)2)31-33(4)22(16)18-11-19(24(26,27)28)30-32(18)3/h5-8,11,13H,9-10H2,1-4H3. The Morgan fingerprint density at radius 1 is 1.09 bits per heavy atom. The molecule has 0 radical (unpaired) electrons. The quantitative estimate of drug-likeness (QED) is 0.389. The van der Waals surface area contributed by atoms with Gasteiger partial charge < -0.3 is 4.90 Å². The first kappa shape index (κ1) is 23.0. The minimum Gasteiger partial charge on any atom is -0.330 e. The number of fused-ring (bicyclic) bond motifs is 2. The predicted molar refractivity (Wildman–Crippen MR) is 120 cm³/mol. The summed E-state index contributed by atoms with van der Waals surface area (Å²) >= 11 is 0. The molecule has 0 N–H and O–H groups in total. The summed E-state index contributed by atoms with van der Waals surface area (Å²) in [5.74, 6) is -1.11. The first-order valence-corrected chi connectivity index (χ1v) is 11.0. The van der Waals surface area contributed by atoms with Crippen LogP contribution in [-0.2, 0) is 26.7 Å². The lowest BCUT2D eigenvalue weighted by Gasteiger charge is -2.33. The van der Waals surface area contributed by atoms with Crippen LogP contribution in [0.3, 0.4) is 0 Å². The summed E-state index contributed by atoms with van der Waals surface area (Å²) < 4.78 is 57.5. The molecule has 1 aliphatic rings. The molecule has 1 amide bonds. The molecule has 1 aliphatic heterocycles. The Labute approximate surface area is 198 Å². The van der Waals surface area contributed by atoms with Crippen LogP contribution in [0.25, 0.3) is 22.3 Å². The molecular formula is C24H22F4N6O. The maximum Gasteiger partial charge on any atom is 0.435 e. The zero-order valence-corrected chi connectivity index (χ0v) is 19.5. The minimum atomic E-state index is -4.57. The molecule has 0 spiro atoms. The summed E-state index contributed by atoms with van der Waals surface area (Å²) in [6, 6.07) is 6.85. The van der Waals surface area contributed by atoms with Crippen molar-refractivity contribution >= 4 is 16.8 Å². The molecule has 0 saturated carbocycles. The molecule has 1 atom stereocenters. The van der Waals surface area contributed by atoms with Gasteiger partial charge in [-0.1, -0.05) is 0 Å². The van der Waals surface area contributed by atoms with Crippen molar-refractivity contribution < 1.29 is 22.4 Å². The Hall–Kier alpha value is -3.76. The SMILES string of the molecule is Cc1ccc2c(F)c(C(=O)N3CCc4c(nn(C)c4-c4cc(C(F)(F)F)nn4C)C3C)ccc2n1. The molecule has 35 heavy (non-hydrogen) atoms. The summed E-state index contributed by atoms with van der Waals surface area (Å²) in [6.07, 6.45) is -4.21. The van der Waals surface area contributed by atoms with Crippen molar-refractivity contribution in [3.05, 3.63) is 64.4 Å². The van der Waals surface area contributed by atoms with Crippen molar-refractivity contribution in [3.8, 4) is 11.4 Å². The van der Waals surface area contributed by atoms with E-state index in [0.29, 0.717) is 23.3 Å². The highest BCUT2D eigenvalue weighted by molar-refractivity contribution is 5.99. The number of pyridine rings is 1. The van der Waals surface area contributed by atoms with Gasteiger partial charge in [0, 0.05) is 37.3 Å². The highest BCUT2D eigenvalue weighted by Gasteiger charge is 2.38. The van der Waals surface area contributed by atoms with E-state index in [-0.39, 0.29) is 23.2 Å². The number of hydrogen-bond acceptors (Lipinski definition) is 4. The van der Waals surface area contributed by atoms with E-state index in [9.17, 15) is 18.0 Å². The van der Waals surface area contributed by atoms with Crippen molar-refractivity contribution in [1.29, 1.82) is 0 Å². The van der Waals surface area contributed by atoms with Gasteiger partial charge in [0.2, 0.25) is 0 Å². The number of amides is 1. The second-order valence-corrected chi connectivity index (χ2v) is 8.74. The molecular weight excluding hydrogens is 464 g/mol. The molecule has 0 aliphatic carbocycles. The van der Waals surface area contributed by atoms with Crippen LogP contribution in [0.2, 0.25) is 0 Å². The number of alkyl halides is 3. The summed E-state index contributed by atoms with van der Waals surface area (Å²) in [4.78, 5) is 19.2. The topological polar surface area (TPSA) is 68.8 Å². The molecule has 1 aromatic carbocycles. The van der Waals surface area contributed by atoms with Gasteiger partial charge in [-0.15, -0.1) is 0 Å². The van der Waals surface area contributed by atoms with E-state index in [1.165, 1.54) is 27.4 Å². The van der Waals surface area contributed by atoms with Gasteiger partial charge in [0.25, 0.3) is 5.91 Å². The zero-order valence-electron chi connectivity index (χ0n) is 19.5. The molecule has 182 valence electrons. The number of hydrogen-bond donors (Lipinski definition) is 0. The van der Waals surface area contributed by atoms with Crippen molar-refractivity contribution in [2.24, 2.45) is 14.1 Å². The Morgan fingerprint density at radius 3 is 2.51 bits per heavy atom. The highest BCUT2D eigenvalue weighted by atomic mass is 19.4. The van der Waals surface area contributed by atoms with Crippen molar-refractivity contribution in [3.63, 3.8) is 0 Å². The van der Waals surface area contributed by atoms with Crippen LogP contribution in [0.15, 0.2) is 30.3 Å². The molecule has 7 nitrogen and oxygen atoms in total. The number of rotatable bonds is 2. The summed E-state index contributed by atoms with van der Waals surface area (Å²) in [7, 11) is 3.09. The Kier molecular flexibility index (Phi) is 5.19. The van der Waals surface area contributed by atoms with Gasteiger partial charge >= 0.3 is 6.18 Å². The van der Waals surface area contributed by atoms with E-state index < -0.39 is 29.6 Å². The number of aromatic nitrogens is 5. The van der Waals surface area contributed by atoms with Crippen LogP contribution < -0.4 is 0 Å². The van der Waals surface area contributed by atoms with Gasteiger partial charge in [-0.2, -0.15) is 23.4 Å². The van der Waals surface area contributed by atoms with E-state index >= 15 is 4.39 Å². The van der Waals surface area contributed by atoms with Gasteiger partial charge in [-0.05, 0) is 50.6 Å². The Balaban J connectivity index is 1.51. The smallest absolute Gasteiger partial charge is 0.330 e. The molecule has 3 aromatic heterocycles. The minimum absolute atomic E-state index is 0.0592. The molecule has 4 heterocycles. The van der Waals surface area contributed by atoms with Gasteiger partial charge in [0.15, 0.2) is 5.69 Å². The van der Waals surface area contributed by atoms with Gasteiger partial charge in [0.05, 0.1) is 34.2 Å². The van der Waals surface area contributed by atoms with Gasteiger partial charge in [-0.3, -0.25) is 19.1 Å². The van der Waals surface area contributed by atoms with Crippen LogP contribution >= 0.6 is 0 Å². The fourth-order valence-electron chi connectivity index (χ4n) is 4.76. The number of benzene rings is 1. The Bertz CT molecular complexity index is 1490. The molecule has 11 heteroatoms. The molecule has 5 rings (SSSR count). The predicted octanol–water partition coefficient (Wildman–Crippen LogP) is 4.59. The van der Waals surface area contributed by atoms with Crippen molar-refractivity contribution in [2.75, 3.05) is 6.54 Å². The third kappa shape index (κ3) is 3.65. The van der Waals surface area contributed by atoms with E-state index in [0.717, 1.165) is 17.3 Å². The molecule has 1 unspecified atom stereocenters. The fourth-order valence-corrected chi connectivity index (χ4v) is 4.76. The van der Waals surface area contributed by atoms with Gasteiger partial charge in [-0.25, -0.2) is 4.39 Å². The largest absolute Gasteiger partial charge is 0.435 e. The number of carbonyl (C=O) groups is 1. The first-order valence-electron chi connectivity index (χ1n) is 11.0.